The molecule has 0 aromatic heterocycles. The van der Waals surface area contributed by atoms with Crippen molar-refractivity contribution < 1.29 is 0 Å². The molecule has 3 aromatic rings. The highest BCUT2D eigenvalue weighted by Gasteiger charge is 2.14. The highest BCUT2D eigenvalue weighted by Crippen LogP contribution is 2.20. The molecule has 136 valence electrons. The summed E-state index contributed by atoms with van der Waals surface area (Å²) in [6.45, 7) is 4.00. The van der Waals surface area contributed by atoms with Gasteiger partial charge in [0.25, 0.3) is 5.56 Å². The molecule has 28 heavy (non-hydrogen) atoms. The van der Waals surface area contributed by atoms with Crippen molar-refractivity contribution in [2.75, 3.05) is 0 Å². The van der Waals surface area contributed by atoms with Crippen molar-refractivity contribution in [1.29, 1.82) is 0 Å². The molecule has 0 amide bonds. The van der Waals surface area contributed by atoms with E-state index in [1.54, 1.807) is 10.6 Å². The largest absolute Gasteiger partial charge is 0.352 e. The number of aryl methyl sites for hydroxylation is 2. The van der Waals surface area contributed by atoms with E-state index in [9.17, 15) is 9.59 Å². The second-order valence-electron chi connectivity index (χ2n) is 7.19. The minimum atomic E-state index is -0.308. The summed E-state index contributed by atoms with van der Waals surface area (Å²) in [6, 6.07) is 21.0. The predicted octanol–water partition coefficient (Wildman–Crippen LogP) is 4.17. The number of H-pyrrole nitrogens is 1. The molecule has 1 aliphatic heterocycles. The van der Waals surface area contributed by atoms with E-state index in [4.69, 9.17) is 0 Å². The summed E-state index contributed by atoms with van der Waals surface area (Å²) in [5, 5.41) is 2.12. The van der Waals surface area contributed by atoms with Gasteiger partial charge in [-0.15, -0.1) is 0 Å². The van der Waals surface area contributed by atoms with Crippen LogP contribution in [0.4, 0.5) is 0 Å². The molecule has 1 heterocycles. The van der Waals surface area contributed by atoms with Crippen LogP contribution in [0.5, 0.6) is 0 Å². The molecule has 0 bridgehead atoms. The molecular formula is C24H18N2O2. The molecule has 3 aromatic carbocycles. The van der Waals surface area contributed by atoms with Crippen LogP contribution >= 0.6 is 0 Å². The predicted molar refractivity (Wildman–Crippen MR) is 112 cm³/mol. The molecule has 5 rings (SSSR count). The van der Waals surface area contributed by atoms with Crippen LogP contribution in [0.3, 0.4) is 0 Å². The van der Waals surface area contributed by atoms with E-state index in [-0.39, 0.29) is 16.2 Å². The molecule has 0 fully saturated rings. The second-order valence-corrected chi connectivity index (χ2v) is 7.19. The molecule has 1 N–H and O–H groups in total. The topological polar surface area (TPSA) is 54.9 Å². The minimum absolute atomic E-state index is 0.192. The molecule has 0 unspecified atom stereocenters. The van der Waals surface area contributed by atoms with E-state index in [0.717, 1.165) is 33.2 Å². The van der Waals surface area contributed by atoms with E-state index in [1.807, 2.05) is 74.5 Å². The maximum Gasteiger partial charge on any atom is 0.269 e. The van der Waals surface area contributed by atoms with Crippen LogP contribution < -0.4 is 11.0 Å². The minimum Gasteiger partial charge on any atom is -0.352 e. The van der Waals surface area contributed by atoms with E-state index >= 15 is 0 Å². The molecule has 0 saturated heterocycles. The third-order valence-corrected chi connectivity index (χ3v) is 5.37. The van der Waals surface area contributed by atoms with Crippen molar-refractivity contribution in [1.82, 2.24) is 9.55 Å². The molecule has 0 spiro atoms. The van der Waals surface area contributed by atoms with Crippen LogP contribution in [-0.4, -0.2) is 9.55 Å². The van der Waals surface area contributed by atoms with Crippen LogP contribution in [0, 0.1) is 24.4 Å². The molecule has 2 aliphatic rings. The van der Waals surface area contributed by atoms with Crippen molar-refractivity contribution in [3.05, 3.63) is 109 Å². The zero-order valence-electron chi connectivity index (χ0n) is 15.6. The normalized spacial score (nSPS) is 11.5. The Morgan fingerprint density at radius 1 is 0.786 bits per heavy atom. The van der Waals surface area contributed by atoms with Gasteiger partial charge in [0, 0.05) is 16.5 Å². The highest BCUT2D eigenvalue weighted by molar-refractivity contribution is 5.86. The Bertz CT molecular complexity index is 1560. The number of aromatic amines is 1. The summed E-state index contributed by atoms with van der Waals surface area (Å²) in [4.78, 5) is 30.2. The Balaban J connectivity index is 2.16. The monoisotopic (exact) mass is 366 g/mol. The van der Waals surface area contributed by atoms with E-state index in [0.29, 0.717) is 10.7 Å². The first-order valence-electron chi connectivity index (χ1n) is 9.22. The summed E-state index contributed by atoms with van der Waals surface area (Å²) < 4.78 is 1.64. The van der Waals surface area contributed by atoms with Gasteiger partial charge in [0.15, 0.2) is 0 Å². The maximum absolute atomic E-state index is 13.7. The molecular weight excluding hydrogens is 348 g/mol. The zero-order valence-corrected chi connectivity index (χ0v) is 15.6. The highest BCUT2D eigenvalue weighted by atomic mass is 16.1. The summed E-state index contributed by atoms with van der Waals surface area (Å²) >= 11 is 0. The van der Waals surface area contributed by atoms with Gasteiger partial charge in [-0.3, -0.25) is 14.2 Å². The number of aromatic nitrogens is 2. The van der Waals surface area contributed by atoms with Gasteiger partial charge in [-0.1, -0.05) is 54.1 Å². The van der Waals surface area contributed by atoms with Gasteiger partial charge >= 0.3 is 0 Å². The molecule has 0 saturated carbocycles. The number of para-hydroxylation sites is 1. The smallest absolute Gasteiger partial charge is 0.269 e. The van der Waals surface area contributed by atoms with Gasteiger partial charge in [-0.05, 0) is 37.6 Å². The van der Waals surface area contributed by atoms with E-state index in [1.165, 1.54) is 0 Å². The average Bonchev–Trinajstić information content (AvgIpc) is 2.89. The van der Waals surface area contributed by atoms with Crippen molar-refractivity contribution in [3.8, 4) is 5.69 Å². The SMILES string of the molecule is Cc1ccc(-n2c(=O)c3c(=O)c4ccccc4c=3[nH]c3c(C)cccc32)cc1. The summed E-state index contributed by atoms with van der Waals surface area (Å²) in [5.74, 6) is 0. The molecule has 0 radical (unpaired) electrons. The molecule has 1 aliphatic carbocycles. The fourth-order valence-corrected chi connectivity index (χ4v) is 3.91. The van der Waals surface area contributed by atoms with Crippen LogP contribution in [0.25, 0.3) is 27.5 Å². The number of rotatable bonds is 1. The van der Waals surface area contributed by atoms with Gasteiger partial charge in [0.1, 0.15) is 5.22 Å². The van der Waals surface area contributed by atoms with Crippen LogP contribution in [0.1, 0.15) is 11.1 Å². The Kier molecular flexibility index (Phi) is 3.49. The fraction of sp³-hybridized carbons (Fsp3) is 0.0833. The van der Waals surface area contributed by atoms with Crippen molar-refractivity contribution >= 4 is 21.8 Å². The van der Waals surface area contributed by atoms with E-state index < -0.39 is 0 Å². The van der Waals surface area contributed by atoms with Gasteiger partial charge < -0.3 is 4.98 Å². The molecule has 0 atom stereocenters. The molecule has 4 heteroatoms. The first kappa shape index (κ1) is 16.5. The van der Waals surface area contributed by atoms with Crippen LogP contribution in [0.15, 0.2) is 76.3 Å². The third-order valence-electron chi connectivity index (χ3n) is 5.37. The standard InChI is InChI=1S/C24H18N2O2/c1-14-10-12-16(13-11-14)26-19-9-5-6-15(2)21(19)25-22-17-7-3-4-8-18(17)23(27)20(22)24(26)28/h3-13,25H,1-2H3. The lowest BCUT2D eigenvalue weighted by molar-refractivity contribution is 1.03. The number of hydrogen-bond donors (Lipinski definition) is 1. The first-order valence-corrected chi connectivity index (χ1v) is 9.22. The van der Waals surface area contributed by atoms with Gasteiger partial charge in [0.2, 0.25) is 5.43 Å². The number of nitrogens with one attached hydrogen (secondary N) is 1. The Morgan fingerprint density at radius 2 is 1.50 bits per heavy atom. The summed E-state index contributed by atoms with van der Waals surface area (Å²) in [6.07, 6.45) is 0. The third kappa shape index (κ3) is 2.24. The lowest BCUT2D eigenvalue weighted by Gasteiger charge is -2.08. The maximum atomic E-state index is 13.7. The Morgan fingerprint density at radius 3 is 2.25 bits per heavy atom. The number of fused-ring (bicyclic) bond motifs is 3. The molecule has 4 nitrogen and oxygen atoms in total. The van der Waals surface area contributed by atoms with Crippen molar-refractivity contribution in [2.24, 2.45) is 0 Å². The average molecular weight is 366 g/mol. The van der Waals surface area contributed by atoms with Crippen molar-refractivity contribution in [3.63, 3.8) is 0 Å². The lowest BCUT2D eigenvalue weighted by atomic mass is 10.2. The van der Waals surface area contributed by atoms with Crippen LogP contribution in [0.2, 0.25) is 0 Å². The zero-order chi connectivity index (χ0) is 19.4. The summed E-state index contributed by atoms with van der Waals surface area (Å²) in [7, 11) is 0. The van der Waals surface area contributed by atoms with Gasteiger partial charge in [-0.2, -0.15) is 0 Å². The van der Waals surface area contributed by atoms with Gasteiger partial charge in [0.05, 0.1) is 16.4 Å². The van der Waals surface area contributed by atoms with Gasteiger partial charge in [-0.25, -0.2) is 0 Å². The number of nitrogens with zero attached hydrogens (tertiary/aromatic N) is 1. The van der Waals surface area contributed by atoms with Crippen LogP contribution in [-0.2, 0) is 0 Å². The quantitative estimate of drug-likeness (QED) is 0.484. The second kappa shape index (κ2) is 5.92. The first-order chi connectivity index (χ1) is 13.6. The number of benzene rings is 3. The Hall–Kier alpha value is -3.66. The van der Waals surface area contributed by atoms with Crippen molar-refractivity contribution in [2.45, 2.75) is 13.8 Å². The van der Waals surface area contributed by atoms with E-state index in [2.05, 4.69) is 4.98 Å². The number of hydrogen-bond acceptors (Lipinski definition) is 2. The summed E-state index contributed by atoms with van der Waals surface area (Å²) in [5.41, 5.74) is 3.90. The lowest BCUT2D eigenvalue weighted by Crippen LogP contribution is -2.21. The Labute approximate surface area is 160 Å². The fourth-order valence-electron chi connectivity index (χ4n) is 3.91.